The second kappa shape index (κ2) is 5.95. The molecule has 5 atom stereocenters. The molecule has 1 fully saturated rings. The lowest BCUT2D eigenvalue weighted by Gasteiger charge is -2.39. The Labute approximate surface area is 97.5 Å². The Hall–Kier alpha value is -0.180. The molecule has 3 N–H and O–H groups in total. The van der Waals surface area contributed by atoms with Crippen LogP contribution in [0.15, 0.2) is 0 Å². The van der Waals surface area contributed by atoms with Gasteiger partial charge >= 0.3 is 0 Å². The summed E-state index contributed by atoms with van der Waals surface area (Å²) in [5.74, 6) is 0.208. The second-order valence-corrected chi connectivity index (χ2v) is 4.75. The molecule has 1 aliphatic heterocycles. The Morgan fingerprint density at radius 1 is 1.31 bits per heavy atom. The second-order valence-electron chi connectivity index (χ2n) is 3.55. The molecule has 0 radical (unpaired) electrons. The van der Waals surface area contributed by atoms with Crippen molar-refractivity contribution in [2.45, 2.75) is 37.6 Å². The van der Waals surface area contributed by atoms with Gasteiger partial charge in [0.05, 0.1) is 6.10 Å². The summed E-state index contributed by atoms with van der Waals surface area (Å²) in [6.45, 7) is 1.40. The zero-order valence-electron chi connectivity index (χ0n) is 9.07. The van der Waals surface area contributed by atoms with Crippen molar-refractivity contribution < 1.29 is 29.6 Å². The average molecular weight is 252 g/mol. The van der Waals surface area contributed by atoms with Crippen LogP contribution in [0.5, 0.6) is 0 Å². The number of carbonyl (C=O) groups excluding carboxylic acids is 1. The van der Waals surface area contributed by atoms with E-state index in [9.17, 15) is 20.1 Å². The van der Waals surface area contributed by atoms with Crippen molar-refractivity contribution in [3.05, 3.63) is 0 Å². The third-order valence-corrected chi connectivity index (χ3v) is 3.25. The van der Waals surface area contributed by atoms with Gasteiger partial charge in [0, 0.05) is 19.8 Å². The summed E-state index contributed by atoms with van der Waals surface area (Å²) in [4.78, 5) is 10.8. The molecule has 0 bridgehead atoms. The molecule has 1 rings (SSSR count). The summed E-state index contributed by atoms with van der Waals surface area (Å²) in [6, 6.07) is 0. The van der Waals surface area contributed by atoms with Crippen LogP contribution in [0.1, 0.15) is 6.92 Å². The standard InChI is InChI=1S/C9H16O6S/c1-4(10)16-3-5-6(11)7(12)8(13)9(14-2)15-5/h5-9,11-13H,3H2,1-2H3/t5?,6-,7?,8?,9-/m1/s1. The molecule has 0 aromatic carbocycles. The SMILES string of the molecule is CO[C@@H]1OC(CSC(C)=O)[C@@H](O)C(O)C1O. The molecule has 6 nitrogen and oxygen atoms in total. The number of hydrogen-bond acceptors (Lipinski definition) is 7. The van der Waals surface area contributed by atoms with Crippen molar-refractivity contribution in [3.8, 4) is 0 Å². The maximum atomic E-state index is 10.8. The highest BCUT2D eigenvalue weighted by Gasteiger charge is 2.43. The van der Waals surface area contributed by atoms with E-state index in [0.717, 1.165) is 11.8 Å². The van der Waals surface area contributed by atoms with E-state index in [1.807, 2.05) is 0 Å². The third-order valence-electron chi connectivity index (χ3n) is 2.35. The molecular formula is C9H16O6S. The van der Waals surface area contributed by atoms with Crippen LogP contribution in [0.4, 0.5) is 0 Å². The lowest BCUT2D eigenvalue weighted by molar-refractivity contribution is -0.284. The van der Waals surface area contributed by atoms with Gasteiger partial charge in [0.15, 0.2) is 11.4 Å². The minimum absolute atomic E-state index is 0.106. The number of aliphatic hydroxyl groups is 3. The fourth-order valence-corrected chi connectivity index (χ4v) is 2.12. The predicted molar refractivity (Wildman–Crippen MR) is 56.8 cm³/mol. The summed E-state index contributed by atoms with van der Waals surface area (Å²) < 4.78 is 10.0. The van der Waals surface area contributed by atoms with Crippen LogP contribution in [0.25, 0.3) is 0 Å². The van der Waals surface area contributed by atoms with E-state index in [4.69, 9.17) is 9.47 Å². The van der Waals surface area contributed by atoms with Crippen LogP contribution in [-0.4, -0.2) is 64.0 Å². The Balaban J connectivity index is 2.60. The predicted octanol–water partition coefficient (Wildman–Crippen LogP) is -1.28. The summed E-state index contributed by atoms with van der Waals surface area (Å²) in [7, 11) is 1.33. The highest BCUT2D eigenvalue weighted by atomic mass is 32.2. The van der Waals surface area contributed by atoms with Gasteiger partial charge < -0.3 is 24.8 Å². The monoisotopic (exact) mass is 252 g/mol. The van der Waals surface area contributed by atoms with Crippen LogP contribution in [0, 0.1) is 0 Å². The summed E-state index contributed by atoms with van der Waals surface area (Å²) in [5.41, 5.74) is 0. The highest BCUT2D eigenvalue weighted by Crippen LogP contribution is 2.24. The van der Waals surface area contributed by atoms with Crippen molar-refractivity contribution in [1.82, 2.24) is 0 Å². The normalized spacial score (nSPS) is 39.7. The van der Waals surface area contributed by atoms with Crippen molar-refractivity contribution >= 4 is 16.9 Å². The van der Waals surface area contributed by atoms with Gasteiger partial charge in [-0.3, -0.25) is 4.79 Å². The minimum atomic E-state index is -1.34. The molecule has 94 valence electrons. The van der Waals surface area contributed by atoms with Crippen molar-refractivity contribution in [1.29, 1.82) is 0 Å². The van der Waals surface area contributed by atoms with Crippen LogP contribution < -0.4 is 0 Å². The Morgan fingerprint density at radius 2 is 1.94 bits per heavy atom. The maximum absolute atomic E-state index is 10.8. The first-order chi connectivity index (χ1) is 7.47. The van der Waals surface area contributed by atoms with Crippen LogP contribution in [0.2, 0.25) is 0 Å². The van der Waals surface area contributed by atoms with Crippen molar-refractivity contribution in [2.75, 3.05) is 12.9 Å². The van der Waals surface area contributed by atoms with Gasteiger partial charge in [-0.25, -0.2) is 0 Å². The Bertz CT molecular complexity index is 246. The first kappa shape index (κ1) is 13.9. The quantitative estimate of drug-likeness (QED) is 0.575. The van der Waals surface area contributed by atoms with E-state index in [1.165, 1.54) is 14.0 Å². The molecule has 16 heavy (non-hydrogen) atoms. The zero-order valence-corrected chi connectivity index (χ0v) is 9.88. The summed E-state index contributed by atoms with van der Waals surface area (Å²) in [5, 5.41) is 28.5. The lowest BCUT2D eigenvalue weighted by atomic mass is 10.00. The summed E-state index contributed by atoms with van der Waals surface area (Å²) in [6.07, 6.45) is -5.59. The molecule has 0 amide bonds. The Kier molecular flexibility index (Phi) is 5.16. The van der Waals surface area contributed by atoms with E-state index >= 15 is 0 Å². The fraction of sp³-hybridized carbons (Fsp3) is 0.889. The average Bonchev–Trinajstić information content (AvgIpc) is 2.25. The van der Waals surface area contributed by atoms with Gasteiger partial charge in [-0.1, -0.05) is 11.8 Å². The third kappa shape index (κ3) is 3.16. The van der Waals surface area contributed by atoms with Crippen LogP contribution in [-0.2, 0) is 14.3 Å². The molecular weight excluding hydrogens is 236 g/mol. The Morgan fingerprint density at radius 3 is 2.44 bits per heavy atom. The smallest absolute Gasteiger partial charge is 0.186 e. The number of carbonyl (C=O) groups is 1. The molecule has 0 aromatic rings. The van der Waals surface area contributed by atoms with Gasteiger partial charge in [-0.2, -0.15) is 0 Å². The molecule has 7 heteroatoms. The van der Waals surface area contributed by atoms with Gasteiger partial charge in [-0.15, -0.1) is 0 Å². The number of aliphatic hydroxyl groups excluding tert-OH is 3. The maximum Gasteiger partial charge on any atom is 0.186 e. The van der Waals surface area contributed by atoms with Gasteiger partial charge in [0.25, 0.3) is 0 Å². The van der Waals surface area contributed by atoms with Crippen molar-refractivity contribution in [3.63, 3.8) is 0 Å². The van der Waals surface area contributed by atoms with E-state index in [0.29, 0.717) is 0 Å². The van der Waals surface area contributed by atoms with Crippen LogP contribution in [0.3, 0.4) is 0 Å². The largest absolute Gasteiger partial charge is 0.388 e. The first-order valence-corrected chi connectivity index (χ1v) is 5.81. The number of rotatable bonds is 3. The molecule has 0 saturated carbocycles. The molecule has 0 aliphatic carbocycles. The topological polar surface area (TPSA) is 96.2 Å². The first-order valence-electron chi connectivity index (χ1n) is 4.83. The molecule has 1 saturated heterocycles. The van der Waals surface area contributed by atoms with E-state index in [2.05, 4.69) is 0 Å². The molecule has 0 aromatic heterocycles. The van der Waals surface area contributed by atoms with Gasteiger partial charge in [0.1, 0.15) is 18.3 Å². The minimum Gasteiger partial charge on any atom is -0.388 e. The van der Waals surface area contributed by atoms with Crippen molar-refractivity contribution in [2.24, 2.45) is 0 Å². The number of ether oxygens (including phenoxy) is 2. The number of methoxy groups -OCH3 is 1. The molecule has 1 aliphatic rings. The lowest BCUT2D eigenvalue weighted by Crippen LogP contribution is -2.58. The summed E-state index contributed by atoms with van der Waals surface area (Å²) >= 11 is 0.985. The molecule has 3 unspecified atom stereocenters. The van der Waals surface area contributed by atoms with E-state index in [1.54, 1.807) is 0 Å². The number of thioether (sulfide) groups is 1. The number of hydrogen-bond donors (Lipinski definition) is 3. The van der Waals surface area contributed by atoms with Gasteiger partial charge in [-0.05, 0) is 0 Å². The fourth-order valence-electron chi connectivity index (χ4n) is 1.45. The van der Waals surface area contributed by atoms with Crippen LogP contribution >= 0.6 is 11.8 Å². The molecule has 0 spiro atoms. The van der Waals surface area contributed by atoms with Gasteiger partial charge in [0.2, 0.25) is 0 Å². The molecule has 1 heterocycles. The van der Waals surface area contributed by atoms with E-state index in [-0.39, 0.29) is 10.9 Å². The highest BCUT2D eigenvalue weighted by molar-refractivity contribution is 8.13. The zero-order chi connectivity index (χ0) is 12.3. The van der Waals surface area contributed by atoms with E-state index < -0.39 is 30.7 Å².